The maximum atomic E-state index is 12.6. The number of halogens is 1. The van der Waals surface area contributed by atoms with Gasteiger partial charge in [-0.15, -0.1) is 0 Å². The fraction of sp³-hybridized carbons (Fsp3) is 0.300. The molecule has 1 rings (SSSR count). The zero-order valence-electron chi connectivity index (χ0n) is 8.08. The minimum absolute atomic E-state index is 0.221. The second-order valence-electron chi connectivity index (χ2n) is 3.04. The molecule has 0 heterocycles. The van der Waals surface area contributed by atoms with Crippen LogP contribution in [0, 0.1) is 5.82 Å². The molecule has 0 saturated heterocycles. The quantitative estimate of drug-likeness (QED) is 0.502. The van der Waals surface area contributed by atoms with E-state index >= 15 is 0 Å². The molecule has 0 aliphatic heterocycles. The largest absolute Gasteiger partial charge is 0.303 e. The highest BCUT2D eigenvalue weighted by Gasteiger charge is 1.97. The summed E-state index contributed by atoms with van der Waals surface area (Å²) < 4.78 is 12.6. The predicted octanol–water partition coefficient (Wildman–Crippen LogP) is 2.11. The van der Waals surface area contributed by atoms with Crippen LogP contribution in [0.15, 0.2) is 29.4 Å². The Hall–Kier alpha value is -1.38. The summed E-state index contributed by atoms with van der Waals surface area (Å²) in [6, 6.07) is 6.31. The van der Waals surface area contributed by atoms with Crippen molar-refractivity contribution in [3.05, 3.63) is 35.6 Å². The minimum Gasteiger partial charge on any atom is -0.303 e. The predicted molar refractivity (Wildman–Crippen MR) is 52.3 cm³/mol. The average Bonchev–Trinajstić information content (AvgIpc) is 2.04. The third kappa shape index (κ3) is 2.86. The van der Waals surface area contributed by atoms with Gasteiger partial charge in [-0.25, -0.2) is 4.39 Å². The molecule has 2 nitrogen and oxygen atoms in total. The van der Waals surface area contributed by atoms with Crippen molar-refractivity contribution < 1.29 is 4.39 Å². The van der Waals surface area contributed by atoms with Crippen LogP contribution in [-0.2, 0) is 0 Å². The van der Waals surface area contributed by atoms with Crippen LogP contribution in [0.4, 0.5) is 4.39 Å². The van der Waals surface area contributed by atoms with E-state index in [1.54, 1.807) is 17.1 Å². The van der Waals surface area contributed by atoms with Crippen molar-refractivity contribution in [1.29, 1.82) is 0 Å². The van der Waals surface area contributed by atoms with Crippen molar-refractivity contribution >= 4 is 5.71 Å². The van der Waals surface area contributed by atoms with Crippen molar-refractivity contribution in [3.8, 4) is 0 Å². The molecule has 0 aromatic heterocycles. The molecular weight excluding hydrogens is 167 g/mol. The monoisotopic (exact) mass is 180 g/mol. The van der Waals surface area contributed by atoms with Crippen LogP contribution >= 0.6 is 0 Å². The van der Waals surface area contributed by atoms with Gasteiger partial charge in [-0.3, -0.25) is 0 Å². The summed E-state index contributed by atoms with van der Waals surface area (Å²) in [6.45, 7) is 1.90. The zero-order chi connectivity index (χ0) is 9.84. The van der Waals surface area contributed by atoms with Gasteiger partial charge in [-0.1, -0.05) is 12.1 Å². The van der Waals surface area contributed by atoms with Gasteiger partial charge in [0, 0.05) is 14.1 Å². The standard InChI is InChI=1S/C10H13FN2/c1-8(12-13(2)3)9-4-6-10(11)7-5-9/h4-7H,1-3H3. The van der Waals surface area contributed by atoms with Crippen molar-refractivity contribution in [1.82, 2.24) is 5.01 Å². The second-order valence-corrected chi connectivity index (χ2v) is 3.04. The second kappa shape index (κ2) is 4.03. The Bertz CT molecular complexity index is 301. The molecule has 0 N–H and O–H groups in total. The SMILES string of the molecule is CC(=NN(C)C)c1ccc(F)cc1. The summed E-state index contributed by atoms with van der Waals surface area (Å²) in [5, 5.41) is 5.93. The molecule has 0 aliphatic carbocycles. The number of benzene rings is 1. The first-order chi connectivity index (χ1) is 6.09. The van der Waals surface area contributed by atoms with Gasteiger partial charge in [0.1, 0.15) is 5.82 Å². The molecule has 0 saturated carbocycles. The fourth-order valence-corrected chi connectivity index (χ4v) is 1.05. The molecule has 0 radical (unpaired) electrons. The van der Waals surface area contributed by atoms with E-state index in [2.05, 4.69) is 5.10 Å². The van der Waals surface area contributed by atoms with E-state index < -0.39 is 0 Å². The van der Waals surface area contributed by atoms with E-state index in [1.807, 2.05) is 21.0 Å². The molecule has 3 heteroatoms. The first-order valence-electron chi connectivity index (χ1n) is 4.08. The van der Waals surface area contributed by atoms with Crippen LogP contribution in [0.3, 0.4) is 0 Å². The lowest BCUT2D eigenvalue weighted by Gasteiger charge is -2.06. The highest BCUT2D eigenvalue weighted by atomic mass is 19.1. The normalized spacial score (nSPS) is 11.5. The van der Waals surface area contributed by atoms with Gasteiger partial charge in [0.2, 0.25) is 0 Å². The van der Waals surface area contributed by atoms with Gasteiger partial charge < -0.3 is 5.01 Å². The Kier molecular flexibility index (Phi) is 3.01. The van der Waals surface area contributed by atoms with Crippen LogP contribution in [0.5, 0.6) is 0 Å². The minimum atomic E-state index is -0.221. The van der Waals surface area contributed by atoms with Gasteiger partial charge in [0.25, 0.3) is 0 Å². The topological polar surface area (TPSA) is 15.6 Å². The van der Waals surface area contributed by atoms with Crippen LogP contribution < -0.4 is 0 Å². The molecule has 0 atom stereocenters. The van der Waals surface area contributed by atoms with E-state index in [9.17, 15) is 4.39 Å². The van der Waals surface area contributed by atoms with E-state index in [0.717, 1.165) is 11.3 Å². The smallest absolute Gasteiger partial charge is 0.123 e. The molecule has 70 valence electrons. The van der Waals surface area contributed by atoms with E-state index in [0.29, 0.717) is 0 Å². The van der Waals surface area contributed by atoms with E-state index in [4.69, 9.17) is 0 Å². The maximum Gasteiger partial charge on any atom is 0.123 e. The Balaban J connectivity index is 2.89. The van der Waals surface area contributed by atoms with Gasteiger partial charge in [0.05, 0.1) is 5.71 Å². The molecule has 0 amide bonds. The highest BCUT2D eigenvalue weighted by molar-refractivity contribution is 5.98. The Morgan fingerprint density at radius 2 is 1.77 bits per heavy atom. The first-order valence-corrected chi connectivity index (χ1v) is 4.08. The van der Waals surface area contributed by atoms with Crippen LogP contribution in [-0.4, -0.2) is 24.8 Å². The highest BCUT2D eigenvalue weighted by Crippen LogP contribution is 2.04. The molecule has 0 spiro atoms. The summed E-state index contributed by atoms with van der Waals surface area (Å²) in [6.07, 6.45) is 0. The van der Waals surface area contributed by atoms with Crippen molar-refractivity contribution in [2.75, 3.05) is 14.1 Å². The van der Waals surface area contributed by atoms with Crippen LogP contribution in [0.1, 0.15) is 12.5 Å². The maximum absolute atomic E-state index is 12.6. The van der Waals surface area contributed by atoms with Crippen LogP contribution in [0.2, 0.25) is 0 Å². The van der Waals surface area contributed by atoms with Gasteiger partial charge in [-0.05, 0) is 24.6 Å². The molecule has 13 heavy (non-hydrogen) atoms. The Labute approximate surface area is 77.7 Å². The molecule has 0 unspecified atom stereocenters. The number of nitrogens with zero attached hydrogens (tertiary/aromatic N) is 2. The fourth-order valence-electron chi connectivity index (χ4n) is 1.05. The summed E-state index contributed by atoms with van der Waals surface area (Å²) in [4.78, 5) is 0. The first kappa shape index (κ1) is 9.71. The third-order valence-electron chi connectivity index (χ3n) is 1.61. The van der Waals surface area contributed by atoms with Gasteiger partial charge >= 0.3 is 0 Å². The molecule has 0 fully saturated rings. The molecule has 1 aromatic rings. The van der Waals surface area contributed by atoms with E-state index in [-0.39, 0.29) is 5.82 Å². The van der Waals surface area contributed by atoms with Crippen LogP contribution in [0.25, 0.3) is 0 Å². The summed E-state index contributed by atoms with van der Waals surface area (Å²) in [5.41, 5.74) is 1.82. The van der Waals surface area contributed by atoms with Crippen molar-refractivity contribution in [2.24, 2.45) is 5.10 Å². The summed E-state index contributed by atoms with van der Waals surface area (Å²) >= 11 is 0. The lowest BCUT2D eigenvalue weighted by atomic mass is 10.1. The number of rotatable bonds is 2. The number of hydrazone groups is 1. The Morgan fingerprint density at radius 3 is 2.23 bits per heavy atom. The summed E-state index contributed by atoms with van der Waals surface area (Å²) in [5.74, 6) is -0.221. The number of hydrogen-bond acceptors (Lipinski definition) is 2. The molecule has 1 aromatic carbocycles. The lowest BCUT2D eigenvalue weighted by Crippen LogP contribution is -2.07. The van der Waals surface area contributed by atoms with Crippen molar-refractivity contribution in [3.63, 3.8) is 0 Å². The summed E-state index contributed by atoms with van der Waals surface area (Å²) in [7, 11) is 3.71. The zero-order valence-corrected chi connectivity index (χ0v) is 8.08. The third-order valence-corrected chi connectivity index (χ3v) is 1.61. The molecular formula is C10H13FN2. The Morgan fingerprint density at radius 1 is 1.23 bits per heavy atom. The van der Waals surface area contributed by atoms with E-state index in [1.165, 1.54) is 12.1 Å². The number of hydrogen-bond donors (Lipinski definition) is 0. The molecule has 0 bridgehead atoms. The van der Waals surface area contributed by atoms with Gasteiger partial charge in [-0.2, -0.15) is 5.10 Å². The molecule has 0 aliphatic rings. The van der Waals surface area contributed by atoms with Crippen molar-refractivity contribution in [2.45, 2.75) is 6.92 Å². The lowest BCUT2D eigenvalue weighted by molar-refractivity contribution is 0.438. The van der Waals surface area contributed by atoms with Gasteiger partial charge in [0.15, 0.2) is 0 Å². The average molecular weight is 180 g/mol.